The lowest BCUT2D eigenvalue weighted by atomic mass is 9.98. The maximum absolute atomic E-state index is 12.5. The van der Waals surface area contributed by atoms with Gasteiger partial charge in [-0.25, -0.2) is 0 Å². The summed E-state index contributed by atoms with van der Waals surface area (Å²) in [4.78, 5) is 14.4. The van der Waals surface area contributed by atoms with Gasteiger partial charge in [0.15, 0.2) is 0 Å². The van der Waals surface area contributed by atoms with Crippen molar-refractivity contribution in [1.29, 1.82) is 0 Å². The monoisotopic (exact) mass is 317 g/mol. The molecule has 0 spiro atoms. The molecule has 0 bridgehead atoms. The Bertz CT molecular complexity index is 550. The number of hydrogen-bond donors (Lipinski definition) is 1. The van der Waals surface area contributed by atoms with Crippen LogP contribution in [-0.2, 0) is 4.79 Å². The number of ether oxygens (including phenoxy) is 1. The third kappa shape index (κ3) is 3.37. The lowest BCUT2D eigenvalue weighted by Gasteiger charge is -2.36. The standard InChI is InChI=1S/C19H27NO3/c1-14-6-5-7-15(2)17(14)23-16-8-12-20(13-9-16)18(21)19(22)10-3-4-11-19/h5-7,16,22H,3-4,8-13H2,1-2H3. The molecule has 0 unspecified atom stereocenters. The molecule has 4 heteroatoms. The first kappa shape index (κ1) is 16.3. The zero-order chi connectivity index (χ0) is 16.4. The maximum Gasteiger partial charge on any atom is 0.254 e. The van der Waals surface area contributed by atoms with Crippen LogP contribution in [-0.4, -0.2) is 40.7 Å². The molecule has 126 valence electrons. The number of aliphatic hydroxyl groups is 1. The molecule has 0 atom stereocenters. The van der Waals surface area contributed by atoms with E-state index < -0.39 is 5.60 Å². The van der Waals surface area contributed by atoms with E-state index in [1.54, 1.807) is 0 Å². The molecular weight excluding hydrogens is 290 g/mol. The van der Waals surface area contributed by atoms with Crippen molar-refractivity contribution in [3.63, 3.8) is 0 Å². The van der Waals surface area contributed by atoms with Gasteiger partial charge in [-0.3, -0.25) is 4.79 Å². The van der Waals surface area contributed by atoms with Crippen LogP contribution >= 0.6 is 0 Å². The topological polar surface area (TPSA) is 49.8 Å². The molecule has 0 radical (unpaired) electrons. The van der Waals surface area contributed by atoms with E-state index in [2.05, 4.69) is 26.0 Å². The predicted octanol–water partition coefficient (Wildman–Crippen LogP) is 2.98. The highest BCUT2D eigenvalue weighted by molar-refractivity contribution is 5.85. The van der Waals surface area contributed by atoms with Crippen LogP contribution in [0.3, 0.4) is 0 Å². The van der Waals surface area contributed by atoms with Crippen molar-refractivity contribution in [2.75, 3.05) is 13.1 Å². The largest absolute Gasteiger partial charge is 0.490 e. The van der Waals surface area contributed by atoms with Crippen LogP contribution in [0.15, 0.2) is 18.2 Å². The average molecular weight is 317 g/mol. The van der Waals surface area contributed by atoms with Crippen molar-refractivity contribution in [1.82, 2.24) is 4.90 Å². The highest BCUT2D eigenvalue weighted by atomic mass is 16.5. The summed E-state index contributed by atoms with van der Waals surface area (Å²) >= 11 is 0. The van der Waals surface area contributed by atoms with Gasteiger partial charge in [0, 0.05) is 25.9 Å². The van der Waals surface area contributed by atoms with Gasteiger partial charge < -0.3 is 14.7 Å². The summed E-state index contributed by atoms with van der Waals surface area (Å²) in [6.07, 6.45) is 4.94. The van der Waals surface area contributed by atoms with Crippen LogP contribution in [0, 0.1) is 13.8 Å². The minimum absolute atomic E-state index is 0.0690. The first-order chi connectivity index (χ1) is 11.0. The fraction of sp³-hybridized carbons (Fsp3) is 0.632. The van der Waals surface area contributed by atoms with Crippen LogP contribution < -0.4 is 4.74 Å². The highest BCUT2D eigenvalue weighted by Gasteiger charge is 2.42. The number of aryl methyl sites for hydroxylation is 2. The zero-order valence-corrected chi connectivity index (χ0v) is 14.2. The summed E-state index contributed by atoms with van der Waals surface area (Å²) < 4.78 is 6.20. The van der Waals surface area contributed by atoms with Crippen molar-refractivity contribution in [3.8, 4) is 5.75 Å². The molecule has 4 nitrogen and oxygen atoms in total. The van der Waals surface area contributed by atoms with E-state index in [1.807, 2.05) is 11.0 Å². The van der Waals surface area contributed by atoms with Crippen LogP contribution in [0.2, 0.25) is 0 Å². The van der Waals surface area contributed by atoms with E-state index in [-0.39, 0.29) is 12.0 Å². The first-order valence-corrected chi connectivity index (χ1v) is 8.74. The summed E-state index contributed by atoms with van der Waals surface area (Å²) in [7, 11) is 0. The molecule has 1 aromatic rings. The van der Waals surface area contributed by atoms with E-state index in [0.717, 1.165) is 42.6 Å². The van der Waals surface area contributed by atoms with E-state index in [0.29, 0.717) is 25.9 Å². The Hall–Kier alpha value is -1.55. The lowest BCUT2D eigenvalue weighted by molar-refractivity contribution is -0.152. The quantitative estimate of drug-likeness (QED) is 0.932. The number of para-hydroxylation sites is 1. The molecule has 1 aromatic carbocycles. The summed E-state index contributed by atoms with van der Waals surface area (Å²) in [6, 6.07) is 6.17. The second-order valence-corrected chi connectivity index (χ2v) is 7.07. The van der Waals surface area contributed by atoms with Gasteiger partial charge in [0.1, 0.15) is 17.5 Å². The molecule has 1 saturated heterocycles. The SMILES string of the molecule is Cc1cccc(C)c1OC1CCN(C(=O)C2(O)CCCC2)CC1. The van der Waals surface area contributed by atoms with Crippen molar-refractivity contribution < 1.29 is 14.6 Å². The van der Waals surface area contributed by atoms with Crippen LogP contribution in [0.25, 0.3) is 0 Å². The van der Waals surface area contributed by atoms with E-state index in [1.165, 1.54) is 0 Å². The molecule has 0 aromatic heterocycles. The Morgan fingerprint density at radius 2 is 1.74 bits per heavy atom. The summed E-state index contributed by atoms with van der Waals surface area (Å²) in [5.41, 5.74) is 1.22. The lowest BCUT2D eigenvalue weighted by Crippen LogP contribution is -2.51. The molecule has 1 heterocycles. The number of benzene rings is 1. The number of nitrogens with zero attached hydrogens (tertiary/aromatic N) is 1. The first-order valence-electron chi connectivity index (χ1n) is 8.74. The minimum atomic E-state index is -1.10. The van der Waals surface area contributed by atoms with E-state index >= 15 is 0 Å². The molecule has 1 aliphatic heterocycles. The number of likely N-dealkylation sites (tertiary alicyclic amines) is 1. The second-order valence-electron chi connectivity index (χ2n) is 7.07. The Balaban J connectivity index is 1.57. The molecule has 1 saturated carbocycles. The third-order valence-electron chi connectivity index (χ3n) is 5.25. The van der Waals surface area contributed by atoms with Gasteiger partial charge >= 0.3 is 0 Å². The zero-order valence-electron chi connectivity index (χ0n) is 14.2. The van der Waals surface area contributed by atoms with E-state index in [9.17, 15) is 9.90 Å². The molecule has 23 heavy (non-hydrogen) atoms. The molecule has 1 N–H and O–H groups in total. The van der Waals surface area contributed by atoms with Crippen LogP contribution in [0.4, 0.5) is 0 Å². The maximum atomic E-state index is 12.5. The second kappa shape index (κ2) is 6.52. The minimum Gasteiger partial charge on any atom is -0.490 e. The molecule has 2 fully saturated rings. The van der Waals surface area contributed by atoms with Crippen LogP contribution in [0.5, 0.6) is 5.75 Å². The van der Waals surface area contributed by atoms with Gasteiger partial charge in [-0.1, -0.05) is 18.2 Å². The van der Waals surface area contributed by atoms with E-state index in [4.69, 9.17) is 4.74 Å². The van der Waals surface area contributed by atoms with Crippen molar-refractivity contribution in [2.24, 2.45) is 0 Å². The number of rotatable bonds is 3. The number of amides is 1. The third-order valence-corrected chi connectivity index (χ3v) is 5.25. The van der Waals surface area contributed by atoms with Crippen molar-refractivity contribution >= 4 is 5.91 Å². The number of hydrogen-bond acceptors (Lipinski definition) is 3. The molecule has 1 amide bonds. The van der Waals surface area contributed by atoms with Gasteiger partial charge in [-0.15, -0.1) is 0 Å². The Labute approximate surface area is 138 Å². The molecule has 3 rings (SSSR count). The smallest absolute Gasteiger partial charge is 0.254 e. The number of carbonyl (C=O) groups excluding carboxylic acids is 1. The Morgan fingerprint density at radius 1 is 1.17 bits per heavy atom. The van der Waals surface area contributed by atoms with Gasteiger partial charge in [0.25, 0.3) is 5.91 Å². The number of carbonyl (C=O) groups is 1. The summed E-state index contributed by atoms with van der Waals surface area (Å²) in [6.45, 7) is 5.49. The molecular formula is C19H27NO3. The summed E-state index contributed by atoms with van der Waals surface area (Å²) in [5, 5.41) is 10.5. The van der Waals surface area contributed by atoms with Gasteiger partial charge in [-0.05, 0) is 50.7 Å². The molecule has 2 aliphatic rings. The highest BCUT2D eigenvalue weighted by Crippen LogP contribution is 2.32. The van der Waals surface area contributed by atoms with Crippen LogP contribution in [0.1, 0.15) is 49.7 Å². The predicted molar refractivity (Wildman–Crippen MR) is 89.6 cm³/mol. The fourth-order valence-electron chi connectivity index (χ4n) is 3.80. The molecule has 1 aliphatic carbocycles. The average Bonchev–Trinajstić information content (AvgIpc) is 2.99. The van der Waals surface area contributed by atoms with Gasteiger partial charge in [-0.2, -0.15) is 0 Å². The van der Waals surface area contributed by atoms with Crippen molar-refractivity contribution in [3.05, 3.63) is 29.3 Å². The fourth-order valence-corrected chi connectivity index (χ4v) is 3.80. The Morgan fingerprint density at radius 3 is 2.30 bits per heavy atom. The normalized spacial score (nSPS) is 21.4. The van der Waals surface area contributed by atoms with Gasteiger partial charge in [0.2, 0.25) is 0 Å². The Kier molecular flexibility index (Phi) is 4.62. The number of piperidine rings is 1. The van der Waals surface area contributed by atoms with Gasteiger partial charge in [0.05, 0.1) is 0 Å². The van der Waals surface area contributed by atoms with Crippen molar-refractivity contribution in [2.45, 2.75) is 64.1 Å². The summed E-state index contributed by atoms with van der Waals surface area (Å²) in [5.74, 6) is 0.909.